The molecule has 1 N–H and O–H groups in total. The summed E-state index contributed by atoms with van der Waals surface area (Å²) >= 11 is 0. The molecular weight excluding hydrogens is 549 g/mol. The molecule has 0 radical (unpaired) electrons. The van der Waals surface area contributed by atoms with Gasteiger partial charge in [-0.15, -0.1) is 0 Å². The van der Waals surface area contributed by atoms with E-state index in [1.54, 1.807) is 0 Å². The van der Waals surface area contributed by atoms with E-state index in [9.17, 15) is 5.11 Å². The van der Waals surface area contributed by atoms with Crippen molar-refractivity contribution < 1.29 is 5.11 Å². The molecule has 0 saturated heterocycles. The Balaban J connectivity index is 1.59. The van der Waals surface area contributed by atoms with E-state index in [1.165, 1.54) is 48.2 Å². The lowest BCUT2D eigenvalue weighted by atomic mass is 9.84. The van der Waals surface area contributed by atoms with Crippen LogP contribution in [0.3, 0.4) is 0 Å². The highest BCUT2D eigenvalue weighted by Crippen LogP contribution is 2.45. The van der Waals surface area contributed by atoms with Gasteiger partial charge in [-0.3, -0.25) is 0 Å². The molecule has 7 aromatic carbocycles. The summed E-state index contributed by atoms with van der Waals surface area (Å²) in [6, 6.07) is 53.1. The molecule has 0 aromatic heterocycles. The first-order chi connectivity index (χ1) is 21.4. The predicted molar refractivity (Wildman–Crippen MR) is 190 cm³/mol. The SMILES string of the molecule is CC(C)(C)c1ccc2c(-c3cc4ccccc4c4c3-c3ccccc3[Si]4(c3ccccc3)c3ccccc3)c(O)ccc2c1. The summed E-state index contributed by atoms with van der Waals surface area (Å²) in [6.45, 7) is 6.75. The molecule has 1 aliphatic rings. The molecule has 0 amide bonds. The van der Waals surface area contributed by atoms with Gasteiger partial charge < -0.3 is 5.11 Å². The summed E-state index contributed by atoms with van der Waals surface area (Å²) in [5, 5.41) is 22.0. The number of phenols is 1. The van der Waals surface area contributed by atoms with E-state index in [-0.39, 0.29) is 5.41 Å². The highest BCUT2D eigenvalue weighted by Gasteiger charge is 2.50. The summed E-state index contributed by atoms with van der Waals surface area (Å²) < 4.78 is 0. The van der Waals surface area contributed by atoms with E-state index >= 15 is 0 Å². The topological polar surface area (TPSA) is 20.2 Å². The average Bonchev–Trinajstić information content (AvgIpc) is 3.37. The number of hydrogen-bond donors (Lipinski definition) is 1. The van der Waals surface area contributed by atoms with Crippen molar-refractivity contribution in [2.75, 3.05) is 0 Å². The Morgan fingerprint density at radius 1 is 0.500 bits per heavy atom. The second kappa shape index (κ2) is 9.80. The van der Waals surface area contributed by atoms with Crippen molar-refractivity contribution in [2.24, 2.45) is 0 Å². The molecular formula is C42H34OSi. The molecule has 1 heterocycles. The van der Waals surface area contributed by atoms with Gasteiger partial charge in [-0.1, -0.05) is 154 Å². The second-order valence-corrected chi connectivity index (χ2v) is 16.8. The number of benzene rings is 7. The van der Waals surface area contributed by atoms with Gasteiger partial charge in [0.2, 0.25) is 0 Å². The van der Waals surface area contributed by atoms with Crippen molar-refractivity contribution in [1.29, 1.82) is 0 Å². The van der Waals surface area contributed by atoms with Gasteiger partial charge in [0.25, 0.3) is 0 Å². The zero-order valence-corrected chi connectivity index (χ0v) is 26.3. The number of phenolic OH excluding ortho intramolecular Hbond substituents is 1. The minimum absolute atomic E-state index is 0.0337. The highest BCUT2D eigenvalue weighted by molar-refractivity contribution is 7.23. The lowest BCUT2D eigenvalue weighted by Crippen LogP contribution is -2.73. The van der Waals surface area contributed by atoms with E-state index < -0.39 is 8.07 Å². The molecule has 0 unspecified atom stereocenters. The van der Waals surface area contributed by atoms with Crippen LogP contribution in [0.15, 0.2) is 146 Å². The fourth-order valence-electron chi connectivity index (χ4n) is 7.59. The minimum Gasteiger partial charge on any atom is -0.507 e. The monoisotopic (exact) mass is 582 g/mol. The minimum atomic E-state index is -2.75. The second-order valence-electron chi connectivity index (χ2n) is 13.1. The van der Waals surface area contributed by atoms with Crippen LogP contribution in [0.5, 0.6) is 5.75 Å². The van der Waals surface area contributed by atoms with Crippen LogP contribution < -0.4 is 20.7 Å². The van der Waals surface area contributed by atoms with Crippen LogP contribution in [0.25, 0.3) is 43.8 Å². The maximum atomic E-state index is 11.7. The standard InChI is InChI=1S/C42H34OSi/c1-42(2,3)30-23-24-33-29(26-30)22-25-37(43)39(33)36-27-28-14-10-11-19-34(28)41-40(36)35-20-12-13-21-38(35)44(41,31-15-6-4-7-16-31)32-17-8-5-9-18-32/h4-27,43H,1-3H3. The van der Waals surface area contributed by atoms with E-state index in [4.69, 9.17) is 0 Å². The molecule has 44 heavy (non-hydrogen) atoms. The molecule has 1 nitrogen and oxygen atoms in total. The van der Waals surface area contributed by atoms with Crippen molar-refractivity contribution in [3.8, 4) is 28.0 Å². The molecule has 0 spiro atoms. The van der Waals surface area contributed by atoms with E-state index in [1.807, 2.05) is 6.07 Å². The van der Waals surface area contributed by atoms with Crippen LogP contribution in [0, 0.1) is 0 Å². The first kappa shape index (κ1) is 26.7. The van der Waals surface area contributed by atoms with Gasteiger partial charge in [0.1, 0.15) is 5.75 Å². The largest absolute Gasteiger partial charge is 0.507 e. The van der Waals surface area contributed by atoms with Crippen molar-refractivity contribution in [2.45, 2.75) is 26.2 Å². The first-order valence-electron chi connectivity index (χ1n) is 15.4. The lowest BCUT2D eigenvalue weighted by molar-refractivity contribution is 0.478. The van der Waals surface area contributed by atoms with Crippen LogP contribution in [0.4, 0.5) is 0 Å². The van der Waals surface area contributed by atoms with Crippen molar-refractivity contribution in [3.05, 3.63) is 151 Å². The maximum absolute atomic E-state index is 11.7. The van der Waals surface area contributed by atoms with Gasteiger partial charge in [0, 0.05) is 5.56 Å². The average molecular weight is 583 g/mol. The van der Waals surface area contributed by atoms with Crippen LogP contribution in [-0.4, -0.2) is 13.2 Å². The van der Waals surface area contributed by atoms with E-state index in [2.05, 4.69) is 160 Å². The zero-order valence-electron chi connectivity index (χ0n) is 25.3. The number of fused-ring (bicyclic) bond motifs is 6. The molecule has 8 rings (SSSR count). The van der Waals surface area contributed by atoms with Gasteiger partial charge in [-0.25, -0.2) is 0 Å². The third kappa shape index (κ3) is 3.77. The fraction of sp³-hybridized carbons (Fsp3) is 0.0952. The zero-order chi connectivity index (χ0) is 30.1. The van der Waals surface area contributed by atoms with Gasteiger partial charge in [-0.05, 0) is 82.1 Å². The Bertz CT molecular complexity index is 2170. The van der Waals surface area contributed by atoms with Crippen molar-refractivity contribution in [3.63, 3.8) is 0 Å². The summed E-state index contributed by atoms with van der Waals surface area (Å²) in [6.07, 6.45) is 0. The Morgan fingerprint density at radius 2 is 1.11 bits per heavy atom. The van der Waals surface area contributed by atoms with Crippen LogP contribution >= 0.6 is 0 Å². The summed E-state index contributed by atoms with van der Waals surface area (Å²) in [4.78, 5) is 0. The smallest absolute Gasteiger partial charge is 0.181 e. The Kier molecular flexibility index (Phi) is 5.94. The Hall–Kier alpha value is -4.92. The summed E-state index contributed by atoms with van der Waals surface area (Å²) in [5.74, 6) is 0.314. The molecule has 212 valence electrons. The van der Waals surface area contributed by atoms with Crippen LogP contribution in [-0.2, 0) is 5.41 Å². The van der Waals surface area contributed by atoms with Crippen molar-refractivity contribution >= 4 is 50.4 Å². The molecule has 2 heteroatoms. The number of hydrogen-bond acceptors (Lipinski definition) is 1. The number of rotatable bonds is 3. The van der Waals surface area contributed by atoms with Crippen molar-refractivity contribution in [1.82, 2.24) is 0 Å². The van der Waals surface area contributed by atoms with E-state index in [0.29, 0.717) is 5.75 Å². The molecule has 7 aromatic rings. The first-order valence-corrected chi connectivity index (χ1v) is 17.4. The summed E-state index contributed by atoms with van der Waals surface area (Å²) in [7, 11) is -2.75. The lowest BCUT2D eigenvalue weighted by Gasteiger charge is -2.32. The third-order valence-electron chi connectivity index (χ3n) is 9.57. The number of aromatic hydroxyl groups is 1. The molecule has 1 aliphatic heterocycles. The third-order valence-corrected chi connectivity index (χ3v) is 14.5. The molecule has 0 saturated carbocycles. The van der Waals surface area contributed by atoms with Crippen LogP contribution in [0.1, 0.15) is 26.3 Å². The van der Waals surface area contributed by atoms with E-state index in [0.717, 1.165) is 21.9 Å². The Morgan fingerprint density at radius 3 is 1.82 bits per heavy atom. The molecule has 0 aliphatic carbocycles. The quantitative estimate of drug-likeness (QED) is 0.209. The van der Waals surface area contributed by atoms with Crippen LogP contribution in [0.2, 0.25) is 0 Å². The predicted octanol–water partition coefficient (Wildman–Crippen LogP) is 8.02. The van der Waals surface area contributed by atoms with Gasteiger partial charge >= 0.3 is 0 Å². The summed E-state index contributed by atoms with van der Waals surface area (Å²) in [5.41, 5.74) is 5.85. The highest BCUT2D eigenvalue weighted by atomic mass is 28.3. The normalized spacial score (nSPS) is 13.6. The Labute approximate surface area is 260 Å². The maximum Gasteiger partial charge on any atom is 0.181 e. The molecule has 0 atom stereocenters. The fourth-order valence-corrected chi connectivity index (χ4v) is 13.0. The molecule has 0 bridgehead atoms. The van der Waals surface area contributed by atoms with Gasteiger partial charge in [0.05, 0.1) is 0 Å². The molecule has 0 fully saturated rings. The van der Waals surface area contributed by atoms with Gasteiger partial charge in [-0.2, -0.15) is 0 Å². The van der Waals surface area contributed by atoms with Gasteiger partial charge in [0.15, 0.2) is 8.07 Å².